The minimum absolute atomic E-state index is 0. The largest absolute Gasteiger partial charge is 0.481 e. The Morgan fingerprint density at radius 1 is 1.06 bits per heavy atom. The molecule has 0 atom stereocenters. The fourth-order valence-electron chi connectivity index (χ4n) is 4.10. The molecule has 1 saturated heterocycles. The van der Waals surface area contributed by atoms with Crippen LogP contribution in [0.15, 0.2) is 54.7 Å². The Morgan fingerprint density at radius 2 is 1.91 bits per heavy atom. The van der Waals surface area contributed by atoms with E-state index in [0.717, 1.165) is 35.5 Å². The van der Waals surface area contributed by atoms with Gasteiger partial charge in [0, 0.05) is 32.2 Å². The molecule has 32 heavy (non-hydrogen) atoms. The summed E-state index contributed by atoms with van der Waals surface area (Å²) < 4.78 is 26.1. The second-order valence-corrected chi connectivity index (χ2v) is 7.56. The minimum atomic E-state index is -0.216. The maximum absolute atomic E-state index is 13.6. The normalized spacial score (nSPS) is 13.7. The summed E-state index contributed by atoms with van der Waals surface area (Å²) in [7, 11) is 3.22. The summed E-state index contributed by atoms with van der Waals surface area (Å²) in [6.45, 7) is 1.93. The molecular formula is C23H23ClFN5O2. The molecule has 5 rings (SSSR count). The maximum Gasteiger partial charge on any atom is 0.232 e. The van der Waals surface area contributed by atoms with Crippen LogP contribution in [0, 0.1) is 5.82 Å². The molecular weight excluding hydrogens is 433 g/mol. The Bertz CT molecular complexity index is 1230. The van der Waals surface area contributed by atoms with Gasteiger partial charge in [-0.1, -0.05) is 24.3 Å². The molecule has 9 heteroatoms. The van der Waals surface area contributed by atoms with E-state index in [2.05, 4.69) is 26.1 Å². The van der Waals surface area contributed by atoms with E-state index < -0.39 is 0 Å². The van der Waals surface area contributed by atoms with Crippen molar-refractivity contribution in [2.45, 2.75) is 12.5 Å². The third-order valence-corrected chi connectivity index (χ3v) is 5.65. The van der Waals surface area contributed by atoms with Crippen molar-refractivity contribution >= 4 is 29.1 Å². The topological polar surface area (TPSA) is 65.3 Å². The highest BCUT2D eigenvalue weighted by molar-refractivity contribution is 5.86. The first-order valence-electron chi connectivity index (χ1n) is 10.0. The Hall–Kier alpha value is -3.23. The standard InChI is InChI=1S/C23H22FN5O2.ClH/c1-30-14-21-26-27-23(29(21)18-7-9-22(31-2)25-11-18)28-12-16(13-28)19-5-3-4-15-10-17(24)6-8-20(15)19;/h3-11,16H,12-14H2,1-2H3;1H. The van der Waals surface area contributed by atoms with E-state index in [4.69, 9.17) is 9.47 Å². The molecule has 0 spiro atoms. The monoisotopic (exact) mass is 455 g/mol. The van der Waals surface area contributed by atoms with Gasteiger partial charge in [0.25, 0.3) is 0 Å². The Labute approximate surface area is 191 Å². The van der Waals surface area contributed by atoms with Crippen molar-refractivity contribution in [3.8, 4) is 11.6 Å². The van der Waals surface area contributed by atoms with E-state index in [1.54, 1.807) is 26.5 Å². The molecule has 4 aromatic rings. The first-order chi connectivity index (χ1) is 15.2. The molecule has 0 saturated carbocycles. The molecule has 1 aliphatic heterocycles. The quantitative estimate of drug-likeness (QED) is 0.435. The van der Waals surface area contributed by atoms with E-state index >= 15 is 0 Å². The Morgan fingerprint density at radius 3 is 2.62 bits per heavy atom. The van der Waals surface area contributed by atoms with Gasteiger partial charge in [-0.15, -0.1) is 22.6 Å². The van der Waals surface area contributed by atoms with Gasteiger partial charge in [0.1, 0.15) is 12.4 Å². The van der Waals surface area contributed by atoms with Crippen molar-refractivity contribution in [1.29, 1.82) is 0 Å². The lowest BCUT2D eigenvalue weighted by Gasteiger charge is -2.40. The molecule has 0 radical (unpaired) electrons. The fraction of sp³-hybridized carbons (Fsp3) is 0.261. The van der Waals surface area contributed by atoms with Crippen LogP contribution in [0.25, 0.3) is 16.5 Å². The molecule has 0 N–H and O–H groups in total. The first kappa shape index (κ1) is 22.0. The molecule has 1 aliphatic rings. The molecule has 2 aromatic carbocycles. The summed E-state index contributed by atoms with van der Waals surface area (Å²) in [5, 5.41) is 10.8. The lowest BCUT2D eigenvalue weighted by Crippen LogP contribution is -2.46. The second-order valence-electron chi connectivity index (χ2n) is 7.56. The maximum atomic E-state index is 13.6. The molecule has 2 aromatic heterocycles. The van der Waals surface area contributed by atoms with Gasteiger partial charge in [0.15, 0.2) is 5.82 Å². The summed E-state index contributed by atoms with van der Waals surface area (Å²) >= 11 is 0. The van der Waals surface area contributed by atoms with Crippen LogP contribution in [0.1, 0.15) is 17.3 Å². The number of rotatable bonds is 6. The van der Waals surface area contributed by atoms with Crippen LogP contribution in [0.4, 0.5) is 10.3 Å². The van der Waals surface area contributed by atoms with E-state index in [-0.39, 0.29) is 18.2 Å². The number of pyridine rings is 1. The van der Waals surface area contributed by atoms with E-state index in [1.165, 1.54) is 11.6 Å². The molecule has 3 heterocycles. The zero-order chi connectivity index (χ0) is 21.4. The van der Waals surface area contributed by atoms with Crippen LogP contribution in [-0.2, 0) is 11.3 Å². The molecule has 1 fully saturated rings. The summed E-state index contributed by atoms with van der Waals surface area (Å²) in [5.41, 5.74) is 2.07. The number of anilines is 1. The van der Waals surface area contributed by atoms with Crippen molar-refractivity contribution < 1.29 is 13.9 Å². The van der Waals surface area contributed by atoms with Crippen LogP contribution < -0.4 is 9.64 Å². The molecule has 0 bridgehead atoms. The lowest BCUT2D eigenvalue weighted by molar-refractivity contribution is 0.176. The highest BCUT2D eigenvalue weighted by atomic mass is 35.5. The van der Waals surface area contributed by atoms with Crippen LogP contribution in [0.3, 0.4) is 0 Å². The highest BCUT2D eigenvalue weighted by Gasteiger charge is 2.33. The zero-order valence-electron chi connectivity index (χ0n) is 17.7. The number of hydrogen-bond donors (Lipinski definition) is 0. The van der Waals surface area contributed by atoms with E-state index in [1.807, 2.05) is 34.9 Å². The summed E-state index contributed by atoms with van der Waals surface area (Å²) in [6.07, 6.45) is 1.74. The van der Waals surface area contributed by atoms with Gasteiger partial charge >= 0.3 is 0 Å². The number of ether oxygens (including phenoxy) is 2. The van der Waals surface area contributed by atoms with Crippen LogP contribution >= 0.6 is 12.4 Å². The van der Waals surface area contributed by atoms with Crippen molar-refractivity contribution in [3.63, 3.8) is 0 Å². The van der Waals surface area contributed by atoms with Gasteiger partial charge in [0.2, 0.25) is 11.8 Å². The van der Waals surface area contributed by atoms with Gasteiger partial charge in [-0.25, -0.2) is 9.37 Å². The van der Waals surface area contributed by atoms with Gasteiger partial charge in [-0.3, -0.25) is 4.57 Å². The molecule has 0 amide bonds. The lowest BCUT2D eigenvalue weighted by atomic mass is 9.88. The average molecular weight is 456 g/mol. The predicted octanol–water partition coefficient (Wildman–Crippen LogP) is 4.14. The Kier molecular flexibility index (Phi) is 6.25. The number of benzene rings is 2. The third kappa shape index (κ3) is 3.87. The summed E-state index contributed by atoms with van der Waals surface area (Å²) in [4.78, 5) is 6.50. The number of aromatic nitrogens is 4. The number of halogens is 2. The number of hydrogen-bond acceptors (Lipinski definition) is 6. The van der Waals surface area contributed by atoms with Gasteiger partial charge in [0.05, 0.1) is 19.0 Å². The Balaban J connectivity index is 0.00000245. The molecule has 0 unspecified atom stereocenters. The molecule has 0 aliphatic carbocycles. The van der Waals surface area contributed by atoms with Crippen LogP contribution in [-0.4, -0.2) is 47.1 Å². The first-order valence-corrected chi connectivity index (χ1v) is 10.0. The zero-order valence-corrected chi connectivity index (χ0v) is 18.6. The fourth-order valence-corrected chi connectivity index (χ4v) is 4.10. The van der Waals surface area contributed by atoms with Crippen LogP contribution in [0.2, 0.25) is 0 Å². The van der Waals surface area contributed by atoms with E-state index in [0.29, 0.717) is 24.2 Å². The van der Waals surface area contributed by atoms with Crippen LogP contribution in [0.5, 0.6) is 5.88 Å². The van der Waals surface area contributed by atoms with Crippen molar-refractivity contribution in [2.75, 3.05) is 32.2 Å². The minimum Gasteiger partial charge on any atom is -0.481 e. The van der Waals surface area contributed by atoms with E-state index in [9.17, 15) is 4.39 Å². The highest BCUT2D eigenvalue weighted by Crippen LogP contribution is 2.36. The summed E-state index contributed by atoms with van der Waals surface area (Å²) in [6, 6.07) is 14.8. The van der Waals surface area contributed by atoms with Gasteiger partial charge < -0.3 is 14.4 Å². The number of nitrogens with zero attached hydrogens (tertiary/aromatic N) is 5. The number of fused-ring (bicyclic) bond motifs is 1. The summed E-state index contributed by atoms with van der Waals surface area (Å²) in [5.74, 6) is 2.11. The predicted molar refractivity (Wildman–Crippen MR) is 123 cm³/mol. The smallest absolute Gasteiger partial charge is 0.232 e. The van der Waals surface area contributed by atoms with Gasteiger partial charge in [-0.05, 0) is 34.5 Å². The van der Waals surface area contributed by atoms with Crippen molar-refractivity contribution in [2.24, 2.45) is 0 Å². The van der Waals surface area contributed by atoms with Crippen molar-refractivity contribution in [1.82, 2.24) is 19.7 Å². The number of methoxy groups -OCH3 is 2. The van der Waals surface area contributed by atoms with Crippen molar-refractivity contribution in [3.05, 3.63) is 71.9 Å². The third-order valence-electron chi connectivity index (χ3n) is 5.65. The second kappa shape index (κ2) is 9.10. The average Bonchev–Trinajstić information content (AvgIpc) is 3.16. The SMILES string of the molecule is COCc1nnc(N2CC(c3cccc4cc(F)ccc34)C2)n1-c1ccc(OC)nc1.Cl. The molecule has 166 valence electrons. The molecule has 7 nitrogen and oxygen atoms in total. The van der Waals surface area contributed by atoms with Gasteiger partial charge in [-0.2, -0.15) is 0 Å².